The molecule has 1 atom stereocenters. The number of ether oxygens (including phenoxy) is 1. The molecule has 0 aliphatic heterocycles. The number of hydrogen-bond acceptors (Lipinski definition) is 3. The minimum atomic E-state index is 0.0616. The van der Waals surface area contributed by atoms with Gasteiger partial charge in [0.15, 0.2) is 0 Å². The first kappa shape index (κ1) is 16.5. The monoisotopic (exact) mass is 328 g/mol. The van der Waals surface area contributed by atoms with Crippen LogP contribution in [0, 0.1) is 0 Å². The largest absolute Gasteiger partial charge is 0.496 e. The van der Waals surface area contributed by atoms with Gasteiger partial charge in [0.1, 0.15) is 5.75 Å². The van der Waals surface area contributed by atoms with Gasteiger partial charge in [-0.1, -0.05) is 22.9 Å². The Hall–Kier alpha value is -0.580. The zero-order valence-corrected chi connectivity index (χ0v) is 14.1. The minimum absolute atomic E-state index is 0.0616. The number of nitrogens with two attached hydrogens (primary N) is 1. The van der Waals surface area contributed by atoms with Gasteiger partial charge in [-0.25, -0.2) is 0 Å². The van der Waals surface area contributed by atoms with Crippen LogP contribution < -0.4 is 10.5 Å². The van der Waals surface area contributed by atoms with Gasteiger partial charge < -0.3 is 10.5 Å². The summed E-state index contributed by atoms with van der Waals surface area (Å²) < 4.78 is 6.54. The first-order valence-corrected chi connectivity index (χ1v) is 7.44. The average molecular weight is 329 g/mol. The Kier molecular flexibility index (Phi) is 5.83. The standard InChI is InChI=1S/C15H25BrN2O/c1-6-18(15(2,3)4)13(10-17)12-9-11(16)7-8-14(12)19-5/h7-9,13H,6,10,17H2,1-5H3. The normalized spacial score (nSPS) is 13.7. The molecule has 0 spiro atoms. The van der Waals surface area contributed by atoms with Gasteiger partial charge >= 0.3 is 0 Å². The van der Waals surface area contributed by atoms with E-state index in [4.69, 9.17) is 10.5 Å². The number of halogens is 1. The van der Waals surface area contributed by atoms with Crippen LogP contribution in [-0.4, -0.2) is 30.6 Å². The molecule has 0 amide bonds. The first-order chi connectivity index (χ1) is 8.85. The summed E-state index contributed by atoms with van der Waals surface area (Å²) in [6.07, 6.45) is 0. The molecule has 1 aromatic rings. The molecule has 1 aromatic carbocycles. The molecule has 0 fully saturated rings. The molecule has 19 heavy (non-hydrogen) atoms. The molecule has 0 heterocycles. The molecule has 0 aliphatic rings. The highest BCUT2D eigenvalue weighted by atomic mass is 79.9. The molecule has 4 heteroatoms. The van der Waals surface area contributed by atoms with E-state index in [-0.39, 0.29) is 11.6 Å². The van der Waals surface area contributed by atoms with Gasteiger partial charge in [0.2, 0.25) is 0 Å². The maximum absolute atomic E-state index is 6.04. The molecule has 0 saturated carbocycles. The van der Waals surface area contributed by atoms with Crippen molar-refractivity contribution < 1.29 is 4.74 Å². The second kappa shape index (κ2) is 6.73. The Balaban J connectivity index is 3.25. The minimum Gasteiger partial charge on any atom is -0.496 e. The van der Waals surface area contributed by atoms with Gasteiger partial charge in [0.25, 0.3) is 0 Å². The van der Waals surface area contributed by atoms with E-state index in [9.17, 15) is 0 Å². The van der Waals surface area contributed by atoms with E-state index < -0.39 is 0 Å². The van der Waals surface area contributed by atoms with E-state index >= 15 is 0 Å². The number of benzene rings is 1. The summed E-state index contributed by atoms with van der Waals surface area (Å²) in [6, 6.07) is 6.23. The summed E-state index contributed by atoms with van der Waals surface area (Å²) in [5, 5.41) is 0. The smallest absolute Gasteiger partial charge is 0.123 e. The van der Waals surface area contributed by atoms with E-state index in [1.807, 2.05) is 12.1 Å². The van der Waals surface area contributed by atoms with Crippen molar-refractivity contribution in [2.75, 3.05) is 20.2 Å². The van der Waals surface area contributed by atoms with Crippen LogP contribution in [0.2, 0.25) is 0 Å². The molecular weight excluding hydrogens is 304 g/mol. The highest BCUT2D eigenvalue weighted by Gasteiger charge is 2.29. The molecule has 2 N–H and O–H groups in total. The van der Waals surface area contributed by atoms with E-state index in [0.29, 0.717) is 6.54 Å². The van der Waals surface area contributed by atoms with Crippen LogP contribution in [0.25, 0.3) is 0 Å². The third-order valence-electron chi connectivity index (χ3n) is 3.35. The second-order valence-corrected chi connectivity index (χ2v) is 6.51. The number of hydrogen-bond donors (Lipinski definition) is 1. The molecule has 0 radical (unpaired) electrons. The van der Waals surface area contributed by atoms with Crippen molar-refractivity contribution in [1.29, 1.82) is 0 Å². The third kappa shape index (κ3) is 3.94. The Bertz CT molecular complexity index is 415. The van der Waals surface area contributed by atoms with Crippen LogP contribution in [0.15, 0.2) is 22.7 Å². The van der Waals surface area contributed by atoms with E-state index in [1.54, 1.807) is 7.11 Å². The molecular formula is C15H25BrN2O. The molecule has 1 unspecified atom stereocenters. The first-order valence-electron chi connectivity index (χ1n) is 6.65. The zero-order chi connectivity index (χ0) is 14.6. The molecule has 1 rings (SSSR count). The topological polar surface area (TPSA) is 38.5 Å². The lowest BCUT2D eigenvalue weighted by Crippen LogP contribution is -2.46. The third-order valence-corrected chi connectivity index (χ3v) is 3.85. The Morgan fingerprint density at radius 3 is 2.42 bits per heavy atom. The van der Waals surface area contributed by atoms with Crippen LogP contribution in [0.4, 0.5) is 0 Å². The van der Waals surface area contributed by atoms with E-state index in [1.165, 1.54) is 0 Å². The van der Waals surface area contributed by atoms with Gasteiger partial charge in [-0.2, -0.15) is 0 Å². The van der Waals surface area contributed by atoms with Gasteiger partial charge in [-0.05, 0) is 45.5 Å². The van der Waals surface area contributed by atoms with E-state index in [2.05, 4.69) is 54.6 Å². The van der Waals surface area contributed by atoms with Crippen molar-refractivity contribution in [3.05, 3.63) is 28.2 Å². The van der Waals surface area contributed by atoms with E-state index in [0.717, 1.165) is 22.3 Å². The van der Waals surface area contributed by atoms with Crippen LogP contribution in [0.3, 0.4) is 0 Å². The highest BCUT2D eigenvalue weighted by molar-refractivity contribution is 9.10. The van der Waals surface area contributed by atoms with Crippen molar-refractivity contribution in [1.82, 2.24) is 4.90 Å². The lowest BCUT2D eigenvalue weighted by atomic mass is 9.97. The number of likely N-dealkylation sites (N-methyl/N-ethyl adjacent to an activating group) is 1. The maximum atomic E-state index is 6.04. The lowest BCUT2D eigenvalue weighted by Gasteiger charge is -2.41. The fourth-order valence-corrected chi connectivity index (χ4v) is 2.93. The Morgan fingerprint density at radius 1 is 1.37 bits per heavy atom. The van der Waals surface area contributed by atoms with Crippen LogP contribution in [0.5, 0.6) is 5.75 Å². The summed E-state index contributed by atoms with van der Waals surface area (Å²) in [5.74, 6) is 0.890. The van der Waals surface area contributed by atoms with Gasteiger partial charge in [0, 0.05) is 22.1 Å². The molecule has 0 saturated heterocycles. The predicted octanol–water partition coefficient (Wildman–Crippen LogP) is 3.58. The lowest BCUT2D eigenvalue weighted by molar-refractivity contribution is 0.0904. The quantitative estimate of drug-likeness (QED) is 0.897. The van der Waals surface area contributed by atoms with Crippen molar-refractivity contribution in [3.63, 3.8) is 0 Å². The van der Waals surface area contributed by atoms with Crippen molar-refractivity contribution >= 4 is 15.9 Å². The van der Waals surface area contributed by atoms with Crippen molar-refractivity contribution in [2.24, 2.45) is 5.73 Å². The average Bonchev–Trinajstić information content (AvgIpc) is 2.34. The second-order valence-electron chi connectivity index (χ2n) is 5.59. The van der Waals surface area contributed by atoms with Crippen LogP contribution in [-0.2, 0) is 0 Å². The Morgan fingerprint density at radius 2 is 2.00 bits per heavy atom. The van der Waals surface area contributed by atoms with Crippen LogP contribution in [0.1, 0.15) is 39.3 Å². The summed E-state index contributed by atoms with van der Waals surface area (Å²) in [5.41, 5.74) is 7.24. The molecule has 108 valence electrons. The molecule has 0 bridgehead atoms. The van der Waals surface area contributed by atoms with Crippen molar-refractivity contribution in [2.45, 2.75) is 39.3 Å². The summed E-state index contributed by atoms with van der Waals surface area (Å²) >= 11 is 3.53. The van der Waals surface area contributed by atoms with Gasteiger partial charge in [-0.15, -0.1) is 0 Å². The number of nitrogens with zero attached hydrogens (tertiary/aromatic N) is 1. The molecule has 3 nitrogen and oxygen atoms in total. The maximum Gasteiger partial charge on any atom is 0.123 e. The molecule has 0 aromatic heterocycles. The zero-order valence-electron chi connectivity index (χ0n) is 12.5. The number of rotatable bonds is 5. The SMILES string of the molecule is CCN(C(CN)c1cc(Br)ccc1OC)C(C)(C)C. The van der Waals surface area contributed by atoms with Crippen LogP contribution >= 0.6 is 15.9 Å². The molecule has 0 aliphatic carbocycles. The summed E-state index contributed by atoms with van der Waals surface area (Å²) in [7, 11) is 1.70. The number of methoxy groups -OCH3 is 1. The predicted molar refractivity (Wildman–Crippen MR) is 84.6 cm³/mol. The van der Waals surface area contributed by atoms with Gasteiger partial charge in [-0.3, -0.25) is 4.90 Å². The van der Waals surface area contributed by atoms with Crippen molar-refractivity contribution in [3.8, 4) is 5.75 Å². The Labute approximate surface area is 125 Å². The summed E-state index contributed by atoms with van der Waals surface area (Å²) in [6.45, 7) is 10.3. The highest BCUT2D eigenvalue weighted by Crippen LogP contribution is 2.34. The summed E-state index contributed by atoms with van der Waals surface area (Å²) in [4.78, 5) is 2.40. The fourth-order valence-electron chi connectivity index (χ4n) is 2.55. The fraction of sp³-hybridized carbons (Fsp3) is 0.600. The van der Waals surface area contributed by atoms with Gasteiger partial charge in [0.05, 0.1) is 13.2 Å².